The molecular formula is C10H12BrNOS. The molecule has 14 heavy (non-hydrogen) atoms. The summed E-state index contributed by atoms with van der Waals surface area (Å²) in [5, 5.41) is 0. The largest absolute Gasteiger partial charge is 0.393 e. The Balaban J connectivity index is 2.25. The van der Waals surface area contributed by atoms with Crippen LogP contribution in [0.25, 0.3) is 0 Å². The van der Waals surface area contributed by atoms with Crippen LogP contribution in [-0.2, 0) is 11.3 Å². The Morgan fingerprint density at radius 3 is 2.57 bits per heavy atom. The third-order valence-corrected chi connectivity index (χ3v) is 2.41. The second-order valence-electron chi connectivity index (χ2n) is 2.90. The van der Waals surface area contributed by atoms with Crippen molar-refractivity contribution in [3.05, 3.63) is 34.3 Å². The molecule has 0 spiro atoms. The van der Waals surface area contributed by atoms with E-state index in [-0.39, 0.29) is 0 Å². The van der Waals surface area contributed by atoms with Crippen LogP contribution < -0.4 is 5.73 Å². The van der Waals surface area contributed by atoms with Gasteiger partial charge in [-0.3, -0.25) is 0 Å². The fraction of sp³-hybridized carbons (Fsp3) is 0.300. The third-order valence-electron chi connectivity index (χ3n) is 1.67. The van der Waals surface area contributed by atoms with Gasteiger partial charge in [0.1, 0.15) is 0 Å². The quantitative estimate of drug-likeness (QED) is 0.662. The molecule has 1 aromatic carbocycles. The van der Waals surface area contributed by atoms with Gasteiger partial charge in [-0.15, -0.1) is 0 Å². The Hall–Kier alpha value is -0.450. The van der Waals surface area contributed by atoms with Crippen molar-refractivity contribution in [3.63, 3.8) is 0 Å². The van der Waals surface area contributed by atoms with Crippen molar-refractivity contribution in [2.75, 3.05) is 6.61 Å². The van der Waals surface area contributed by atoms with Gasteiger partial charge < -0.3 is 10.5 Å². The molecule has 0 aliphatic rings. The molecule has 2 N–H and O–H groups in total. The first-order chi connectivity index (χ1) is 6.68. The molecular weight excluding hydrogens is 262 g/mol. The van der Waals surface area contributed by atoms with Crippen molar-refractivity contribution in [1.82, 2.24) is 0 Å². The first kappa shape index (κ1) is 11.6. The molecule has 2 nitrogen and oxygen atoms in total. The third kappa shape index (κ3) is 4.69. The van der Waals surface area contributed by atoms with Crippen molar-refractivity contribution >= 4 is 33.1 Å². The summed E-state index contributed by atoms with van der Waals surface area (Å²) in [4.78, 5) is 0.501. The molecule has 1 aromatic rings. The molecule has 0 saturated heterocycles. The van der Waals surface area contributed by atoms with E-state index in [1.165, 1.54) is 0 Å². The van der Waals surface area contributed by atoms with Crippen LogP contribution in [0.1, 0.15) is 12.0 Å². The number of ether oxygens (including phenoxy) is 1. The van der Waals surface area contributed by atoms with Crippen LogP contribution in [0.5, 0.6) is 0 Å². The van der Waals surface area contributed by atoms with E-state index in [0.29, 0.717) is 24.6 Å². The lowest BCUT2D eigenvalue weighted by atomic mass is 10.2. The van der Waals surface area contributed by atoms with Crippen LogP contribution in [0.15, 0.2) is 28.7 Å². The fourth-order valence-corrected chi connectivity index (χ4v) is 1.29. The van der Waals surface area contributed by atoms with E-state index in [1.807, 2.05) is 24.3 Å². The molecule has 0 saturated carbocycles. The molecule has 4 heteroatoms. The number of rotatable bonds is 5. The molecule has 0 fully saturated rings. The van der Waals surface area contributed by atoms with E-state index in [1.54, 1.807) is 0 Å². The van der Waals surface area contributed by atoms with Crippen LogP contribution in [0.2, 0.25) is 0 Å². The smallest absolute Gasteiger partial charge is 0.0750 e. The number of hydrogen-bond donors (Lipinski definition) is 1. The average molecular weight is 274 g/mol. The van der Waals surface area contributed by atoms with Gasteiger partial charge in [-0.2, -0.15) is 0 Å². The van der Waals surface area contributed by atoms with Crippen LogP contribution in [0, 0.1) is 0 Å². The van der Waals surface area contributed by atoms with Crippen LogP contribution in [0.3, 0.4) is 0 Å². The normalized spacial score (nSPS) is 10.1. The van der Waals surface area contributed by atoms with Gasteiger partial charge in [-0.1, -0.05) is 40.3 Å². The first-order valence-electron chi connectivity index (χ1n) is 4.29. The number of thiocarbonyl (C=S) groups is 1. The van der Waals surface area contributed by atoms with Gasteiger partial charge in [-0.25, -0.2) is 0 Å². The minimum absolute atomic E-state index is 0.501. The van der Waals surface area contributed by atoms with E-state index >= 15 is 0 Å². The summed E-state index contributed by atoms with van der Waals surface area (Å²) in [6, 6.07) is 8.02. The summed E-state index contributed by atoms with van der Waals surface area (Å²) in [5.74, 6) is 0. The van der Waals surface area contributed by atoms with Gasteiger partial charge in [-0.05, 0) is 17.7 Å². The summed E-state index contributed by atoms with van der Waals surface area (Å²) >= 11 is 8.11. The lowest BCUT2D eigenvalue weighted by Crippen LogP contribution is -2.11. The van der Waals surface area contributed by atoms with E-state index in [0.717, 1.165) is 10.0 Å². The molecule has 0 bridgehead atoms. The summed E-state index contributed by atoms with van der Waals surface area (Å²) in [7, 11) is 0. The standard InChI is InChI=1S/C10H12BrNOS/c11-9-3-1-8(2-4-9)7-13-6-5-10(12)14/h1-4H,5-7H2,(H2,12,14). The lowest BCUT2D eigenvalue weighted by molar-refractivity contribution is 0.128. The highest BCUT2D eigenvalue weighted by atomic mass is 79.9. The number of halogens is 1. The Bertz CT molecular complexity index is 299. The first-order valence-corrected chi connectivity index (χ1v) is 5.49. The predicted molar refractivity (Wildman–Crippen MR) is 65.2 cm³/mol. The van der Waals surface area contributed by atoms with Crippen LogP contribution in [-0.4, -0.2) is 11.6 Å². The second-order valence-corrected chi connectivity index (χ2v) is 4.34. The number of benzene rings is 1. The monoisotopic (exact) mass is 273 g/mol. The molecule has 0 heterocycles. The zero-order valence-electron chi connectivity index (χ0n) is 7.70. The summed E-state index contributed by atoms with van der Waals surface area (Å²) in [6.45, 7) is 1.20. The van der Waals surface area contributed by atoms with Gasteiger partial charge in [0.25, 0.3) is 0 Å². The Morgan fingerprint density at radius 1 is 1.36 bits per heavy atom. The van der Waals surface area contributed by atoms with Crippen molar-refractivity contribution < 1.29 is 4.74 Å². The van der Waals surface area contributed by atoms with Gasteiger partial charge in [0.15, 0.2) is 0 Å². The zero-order chi connectivity index (χ0) is 10.4. The Kier molecular flexibility index (Phi) is 5.07. The van der Waals surface area contributed by atoms with Crippen LogP contribution >= 0.6 is 28.1 Å². The molecule has 0 aliphatic heterocycles. The molecule has 0 aliphatic carbocycles. The van der Waals surface area contributed by atoms with Gasteiger partial charge >= 0.3 is 0 Å². The summed E-state index contributed by atoms with van der Waals surface area (Å²) in [5.41, 5.74) is 6.49. The minimum atomic E-state index is 0.501. The number of hydrogen-bond acceptors (Lipinski definition) is 2. The highest BCUT2D eigenvalue weighted by Gasteiger charge is 1.94. The SMILES string of the molecule is NC(=S)CCOCc1ccc(Br)cc1. The molecule has 1 rings (SSSR count). The molecule has 0 aromatic heterocycles. The number of nitrogens with two attached hydrogens (primary N) is 1. The second kappa shape index (κ2) is 6.11. The Morgan fingerprint density at radius 2 is 2.00 bits per heavy atom. The highest BCUT2D eigenvalue weighted by Crippen LogP contribution is 2.11. The topological polar surface area (TPSA) is 35.2 Å². The predicted octanol–water partition coefficient (Wildman–Crippen LogP) is 2.64. The van der Waals surface area contributed by atoms with Crippen molar-refractivity contribution in [1.29, 1.82) is 0 Å². The van der Waals surface area contributed by atoms with Crippen LogP contribution in [0.4, 0.5) is 0 Å². The Labute approximate surface area is 97.6 Å². The maximum Gasteiger partial charge on any atom is 0.0750 e. The molecule has 76 valence electrons. The van der Waals surface area contributed by atoms with E-state index in [2.05, 4.69) is 15.9 Å². The van der Waals surface area contributed by atoms with E-state index < -0.39 is 0 Å². The zero-order valence-corrected chi connectivity index (χ0v) is 10.1. The highest BCUT2D eigenvalue weighted by molar-refractivity contribution is 9.10. The molecule has 0 unspecified atom stereocenters. The van der Waals surface area contributed by atoms with E-state index in [9.17, 15) is 0 Å². The van der Waals surface area contributed by atoms with Gasteiger partial charge in [0, 0.05) is 10.9 Å². The lowest BCUT2D eigenvalue weighted by Gasteiger charge is -2.03. The molecule has 0 amide bonds. The fourth-order valence-electron chi connectivity index (χ4n) is 0.943. The molecule has 0 atom stereocenters. The maximum absolute atomic E-state index is 5.39. The van der Waals surface area contributed by atoms with E-state index in [4.69, 9.17) is 22.7 Å². The van der Waals surface area contributed by atoms with Crippen molar-refractivity contribution in [2.24, 2.45) is 5.73 Å². The summed E-state index contributed by atoms with van der Waals surface area (Å²) in [6.07, 6.45) is 0.645. The molecule has 0 radical (unpaired) electrons. The van der Waals surface area contributed by atoms with Crippen molar-refractivity contribution in [3.8, 4) is 0 Å². The van der Waals surface area contributed by atoms with Gasteiger partial charge in [0.2, 0.25) is 0 Å². The minimum Gasteiger partial charge on any atom is -0.393 e. The maximum atomic E-state index is 5.39. The van der Waals surface area contributed by atoms with Gasteiger partial charge in [0.05, 0.1) is 18.2 Å². The summed E-state index contributed by atoms with van der Waals surface area (Å²) < 4.78 is 6.46. The van der Waals surface area contributed by atoms with Crippen molar-refractivity contribution in [2.45, 2.75) is 13.0 Å². The average Bonchev–Trinajstić information content (AvgIpc) is 2.15.